The Kier molecular flexibility index (Phi) is 4.73. The van der Waals surface area contributed by atoms with Crippen molar-refractivity contribution in [1.82, 2.24) is 4.98 Å². The number of nitriles is 1. The fourth-order valence-electron chi connectivity index (χ4n) is 2.57. The van der Waals surface area contributed by atoms with Gasteiger partial charge in [0, 0.05) is 23.4 Å². The van der Waals surface area contributed by atoms with Crippen LogP contribution >= 0.6 is 0 Å². The van der Waals surface area contributed by atoms with Gasteiger partial charge in [0.1, 0.15) is 11.3 Å². The summed E-state index contributed by atoms with van der Waals surface area (Å²) in [7, 11) is 0. The van der Waals surface area contributed by atoms with Crippen molar-refractivity contribution in [2.75, 3.05) is 0 Å². The molecule has 0 spiro atoms. The molecule has 0 N–H and O–H groups in total. The molecule has 3 rings (SSSR count). The van der Waals surface area contributed by atoms with Gasteiger partial charge in [0.05, 0.1) is 11.6 Å². The molecule has 3 aromatic rings. The minimum absolute atomic E-state index is 0.490. The molecule has 2 heterocycles. The molecule has 0 saturated heterocycles. The highest BCUT2D eigenvalue weighted by Crippen LogP contribution is 2.32. The molecule has 0 aliphatic rings. The van der Waals surface area contributed by atoms with E-state index in [1.54, 1.807) is 30.5 Å². The monoisotopic (exact) mass is 324 g/mol. The molecule has 3 heteroatoms. The largest absolute Gasteiger partial charge is 0.454 e. The van der Waals surface area contributed by atoms with Gasteiger partial charge in [0.25, 0.3) is 0 Å². The summed E-state index contributed by atoms with van der Waals surface area (Å²) in [5.41, 5.74) is 4.53. The molecule has 0 unspecified atom stereocenters. The highest BCUT2D eigenvalue weighted by Gasteiger charge is 2.12. The first-order chi connectivity index (χ1) is 12.3. The fourth-order valence-corrected chi connectivity index (χ4v) is 2.57. The second kappa shape index (κ2) is 7.29. The van der Waals surface area contributed by atoms with Crippen molar-refractivity contribution < 1.29 is 4.42 Å². The van der Waals surface area contributed by atoms with Gasteiger partial charge in [-0.05, 0) is 23.8 Å². The van der Waals surface area contributed by atoms with Crippen molar-refractivity contribution in [3.63, 3.8) is 0 Å². The summed E-state index contributed by atoms with van der Waals surface area (Å²) < 4.78 is 6.07. The van der Waals surface area contributed by atoms with Gasteiger partial charge in [-0.2, -0.15) is 5.26 Å². The zero-order valence-corrected chi connectivity index (χ0v) is 13.6. The van der Waals surface area contributed by atoms with Gasteiger partial charge in [-0.15, -0.1) is 0 Å². The molecule has 0 amide bonds. The van der Waals surface area contributed by atoms with E-state index >= 15 is 0 Å². The predicted octanol–water partition coefficient (Wildman–Crippen LogP) is 5.70. The van der Waals surface area contributed by atoms with Crippen LogP contribution in [0.5, 0.6) is 0 Å². The van der Waals surface area contributed by atoms with E-state index in [1.807, 2.05) is 42.5 Å². The Labute approximate surface area is 146 Å². The third-order valence-electron chi connectivity index (χ3n) is 3.74. The molecular weight excluding hydrogens is 308 g/mol. The van der Waals surface area contributed by atoms with Crippen molar-refractivity contribution >= 4 is 16.7 Å². The first-order valence-electron chi connectivity index (χ1n) is 7.78. The molecule has 25 heavy (non-hydrogen) atoms. The van der Waals surface area contributed by atoms with Gasteiger partial charge < -0.3 is 4.42 Å². The number of hydrogen-bond acceptors (Lipinski definition) is 3. The number of allylic oxidation sites excluding steroid dienone is 6. The lowest BCUT2D eigenvalue weighted by atomic mass is 10.0. The van der Waals surface area contributed by atoms with Crippen molar-refractivity contribution in [3.8, 4) is 17.4 Å². The Hall–Kier alpha value is -3.64. The maximum atomic E-state index is 9.23. The molecule has 0 radical (unpaired) electrons. The van der Waals surface area contributed by atoms with E-state index in [0.29, 0.717) is 11.2 Å². The Bertz CT molecular complexity index is 1030. The van der Waals surface area contributed by atoms with E-state index in [9.17, 15) is 5.26 Å². The first-order valence-corrected chi connectivity index (χ1v) is 7.78. The summed E-state index contributed by atoms with van der Waals surface area (Å²) in [4.78, 5) is 4.39. The molecular formula is C22H16N2O. The third-order valence-corrected chi connectivity index (χ3v) is 3.74. The number of nitrogens with zero attached hydrogens (tertiary/aromatic N) is 2. The number of furan rings is 1. The number of fused-ring (bicyclic) bond motifs is 1. The average Bonchev–Trinajstić information content (AvgIpc) is 3.10. The lowest BCUT2D eigenvalue weighted by Crippen LogP contribution is -1.85. The molecule has 0 aliphatic heterocycles. The molecule has 1 aromatic carbocycles. The maximum Gasteiger partial charge on any atom is 0.161 e. The van der Waals surface area contributed by atoms with Crippen molar-refractivity contribution in [3.05, 3.63) is 97.3 Å². The van der Waals surface area contributed by atoms with Crippen LogP contribution in [0.25, 0.3) is 28.0 Å². The van der Waals surface area contributed by atoms with E-state index in [-0.39, 0.29) is 0 Å². The van der Waals surface area contributed by atoms with Crippen LogP contribution in [0.3, 0.4) is 0 Å². The van der Waals surface area contributed by atoms with Crippen LogP contribution in [0.4, 0.5) is 0 Å². The molecule has 0 atom stereocenters. The average molecular weight is 324 g/mol. The van der Waals surface area contributed by atoms with Crippen molar-refractivity contribution in [1.29, 1.82) is 5.26 Å². The highest BCUT2D eigenvalue weighted by molar-refractivity contribution is 5.93. The quantitative estimate of drug-likeness (QED) is 0.447. The van der Waals surface area contributed by atoms with Gasteiger partial charge in [0.2, 0.25) is 0 Å². The van der Waals surface area contributed by atoms with Gasteiger partial charge in [-0.25, -0.2) is 0 Å². The molecule has 120 valence electrons. The summed E-state index contributed by atoms with van der Waals surface area (Å²) in [6.07, 6.45) is 8.42. The van der Waals surface area contributed by atoms with E-state index < -0.39 is 0 Å². The lowest BCUT2D eigenvalue weighted by Gasteiger charge is -2.03. The van der Waals surface area contributed by atoms with Crippen LogP contribution < -0.4 is 0 Å². The van der Waals surface area contributed by atoms with Crippen LogP contribution in [-0.4, -0.2) is 4.98 Å². The predicted molar refractivity (Wildman–Crippen MR) is 102 cm³/mol. The highest BCUT2D eigenvalue weighted by atomic mass is 16.3. The van der Waals surface area contributed by atoms with Crippen LogP contribution in [0, 0.1) is 11.3 Å². The minimum atomic E-state index is 0.490. The summed E-state index contributed by atoms with van der Waals surface area (Å²) in [5, 5.41) is 9.23. The second-order valence-corrected chi connectivity index (χ2v) is 5.32. The van der Waals surface area contributed by atoms with Gasteiger partial charge in [0.15, 0.2) is 5.58 Å². The molecule has 3 nitrogen and oxygen atoms in total. The smallest absolute Gasteiger partial charge is 0.161 e. The van der Waals surface area contributed by atoms with Gasteiger partial charge >= 0.3 is 0 Å². The summed E-state index contributed by atoms with van der Waals surface area (Å²) in [5.74, 6) is 0.751. The number of benzene rings is 1. The summed E-state index contributed by atoms with van der Waals surface area (Å²) in [6.45, 7) is 7.49. The normalized spacial score (nSPS) is 12.0. The van der Waals surface area contributed by atoms with E-state index in [4.69, 9.17) is 4.42 Å². The SMILES string of the molecule is C=C/C=C(C#N)\C=C(/C=C)c1ccnc2cc(-c3ccccc3)oc12. The standard InChI is InChI=1S/C22H16N2O/c1-3-8-16(15-23)13-17(4-2)19-11-12-24-20-14-21(25-22(19)20)18-9-6-5-7-10-18/h3-14H,1-2H2/b16-8+,17-13+. The topological polar surface area (TPSA) is 49.8 Å². The van der Waals surface area contributed by atoms with E-state index in [2.05, 4.69) is 24.2 Å². The number of hydrogen-bond donors (Lipinski definition) is 0. The Morgan fingerprint density at radius 2 is 1.96 bits per heavy atom. The Morgan fingerprint density at radius 3 is 2.64 bits per heavy atom. The van der Waals surface area contributed by atoms with E-state index in [1.165, 1.54) is 0 Å². The minimum Gasteiger partial charge on any atom is -0.454 e. The van der Waals surface area contributed by atoms with Crippen molar-refractivity contribution in [2.45, 2.75) is 0 Å². The van der Waals surface area contributed by atoms with Gasteiger partial charge in [-0.3, -0.25) is 4.98 Å². The van der Waals surface area contributed by atoms with Crippen LogP contribution in [0.15, 0.2) is 96.1 Å². The maximum absolute atomic E-state index is 9.23. The molecule has 0 aliphatic carbocycles. The number of rotatable bonds is 5. The molecule has 0 saturated carbocycles. The van der Waals surface area contributed by atoms with E-state index in [0.717, 1.165) is 28.0 Å². The van der Waals surface area contributed by atoms with Crippen LogP contribution in [0.2, 0.25) is 0 Å². The number of pyridine rings is 1. The second-order valence-electron chi connectivity index (χ2n) is 5.32. The lowest BCUT2D eigenvalue weighted by molar-refractivity contribution is 0.630. The van der Waals surface area contributed by atoms with Crippen LogP contribution in [-0.2, 0) is 0 Å². The Balaban J connectivity index is 2.16. The zero-order valence-electron chi connectivity index (χ0n) is 13.6. The molecule has 0 bridgehead atoms. The fraction of sp³-hybridized carbons (Fsp3) is 0. The number of aromatic nitrogens is 1. The first kappa shape index (κ1) is 16.2. The van der Waals surface area contributed by atoms with Crippen molar-refractivity contribution in [2.24, 2.45) is 0 Å². The summed E-state index contributed by atoms with van der Waals surface area (Å²) in [6, 6.07) is 15.8. The molecule has 2 aromatic heterocycles. The zero-order chi connectivity index (χ0) is 17.6. The van der Waals surface area contributed by atoms with Gasteiger partial charge in [-0.1, -0.05) is 55.6 Å². The third kappa shape index (κ3) is 3.34. The Morgan fingerprint density at radius 1 is 1.16 bits per heavy atom. The molecule has 0 fully saturated rings. The van der Waals surface area contributed by atoms with Crippen LogP contribution in [0.1, 0.15) is 5.56 Å². The summed E-state index contributed by atoms with van der Waals surface area (Å²) >= 11 is 0.